The van der Waals surface area contributed by atoms with Gasteiger partial charge in [-0.25, -0.2) is 19.2 Å². The summed E-state index contributed by atoms with van der Waals surface area (Å²) < 4.78 is 72.5. The van der Waals surface area contributed by atoms with E-state index in [-0.39, 0.29) is 160 Å². The molecule has 0 saturated heterocycles. The Balaban J connectivity index is 1.13. The van der Waals surface area contributed by atoms with Crippen molar-refractivity contribution in [1.29, 1.82) is 0 Å². The molecule has 4 amide bonds. The van der Waals surface area contributed by atoms with Crippen LogP contribution >= 0.6 is 0 Å². The Labute approximate surface area is 570 Å². The summed E-state index contributed by atoms with van der Waals surface area (Å²) in [6.07, 6.45) is 1.49. The van der Waals surface area contributed by atoms with Gasteiger partial charge in [0.2, 0.25) is 0 Å². The number of benzene rings is 9. The van der Waals surface area contributed by atoms with E-state index in [0.29, 0.717) is 0 Å². The average Bonchev–Trinajstić information content (AvgIpc) is 0.827. The van der Waals surface area contributed by atoms with E-state index in [1.807, 2.05) is 52.0 Å². The third kappa shape index (κ3) is 12.5. The Hall–Kier alpha value is -12.4. The molecule has 0 spiro atoms. The number of carbonyl (C=O) groups excluding carboxylic acids is 8. The first kappa shape index (κ1) is 66.2. The molecule has 13 rings (SSSR count). The van der Waals surface area contributed by atoms with E-state index in [1.54, 1.807) is 72.8 Å². The van der Waals surface area contributed by atoms with Crippen LogP contribution in [-0.4, -0.2) is 96.8 Å². The first-order valence-electron chi connectivity index (χ1n) is 31.5. The number of hydrogen-bond acceptors (Lipinski definition) is 20. The standard InChI is InChI=1S/C78H62N2O20/c1-39(2)75(85)97-49-31-61(91-37-49)99-77(87)55(23-25-89-9)79-71(81)51-33-57(93-45-19-11-15-41(5)27-45)65-67-59(95-47-21-13-17-43(7)29-47)35-53-64-54(74(84)80(73(53)83)56(24-26-90-10)78(88)100-62-32-50(38-92-62)98-76(86)40(3)4)36-60(96-48-22-14-18-44(8)30-48)68(70(64)67)66-58(94-46-20-12-16-42(6)28-46)34-52(72(79)82)63(51)69(65)66/h11-22,27-38,55-56H,1,3,23-26H2,2,4-10H3. The summed E-state index contributed by atoms with van der Waals surface area (Å²) in [5.74, 6) is -7.73. The molecular weight excluding hydrogens is 1280 g/mol. The van der Waals surface area contributed by atoms with E-state index in [1.165, 1.54) is 52.3 Å². The number of hydrogen-bond donors (Lipinski definition) is 0. The summed E-state index contributed by atoms with van der Waals surface area (Å²) >= 11 is 0. The number of amides is 4. The van der Waals surface area contributed by atoms with E-state index < -0.39 is 71.5 Å². The predicted octanol–water partition coefficient (Wildman–Crippen LogP) is 15.5. The fourth-order valence-electron chi connectivity index (χ4n) is 12.4. The molecule has 11 aromatic rings. The van der Waals surface area contributed by atoms with E-state index in [0.717, 1.165) is 56.7 Å². The smallest absolute Gasteiger partial charge is 0.338 e. The summed E-state index contributed by atoms with van der Waals surface area (Å²) in [5.41, 5.74) is 2.77. The molecule has 504 valence electrons. The van der Waals surface area contributed by atoms with Crippen LogP contribution < -0.4 is 37.9 Å². The van der Waals surface area contributed by atoms with Gasteiger partial charge in [0.1, 0.15) is 70.6 Å². The maximum absolute atomic E-state index is 16.1. The second kappa shape index (κ2) is 26.9. The Bertz CT molecular complexity index is 4740. The fraction of sp³-hybridized carbons (Fsp3) is 0.179. The van der Waals surface area contributed by atoms with Crippen molar-refractivity contribution in [2.24, 2.45) is 0 Å². The van der Waals surface area contributed by atoms with Gasteiger partial charge in [0, 0.05) is 94.5 Å². The summed E-state index contributed by atoms with van der Waals surface area (Å²) in [5, 5.41) is 1.24. The number of nitrogens with zero attached hydrogens (tertiary/aromatic N) is 2. The minimum Gasteiger partial charge on any atom is -0.457 e. The summed E-state index contributed by atoms with van der Waals surface area (Å²) in [6.45, 7) is 17.2. The van der Waals surface area contributed by atoms with Crippen LogP contribution in [0.1, 0.15) is 90.4 Å². The fourth-order valence-corrected chi connectivity index (χ4v) is 12.4. The molecule has 2 atom stereocenters. The predicted molar refractivity (Wildman–Crippen MR) is 364 cm³/mol. The molecule has 100 heavy (non-hydrogen) atoms. The van der Waals surface area contributed by atoms with Gasteiger partial charge in [-0.15, -0.1) is 0 Å². The van der Waals surface area contributed by atoms with Crippen LogP contribution in [-0.2, 0) is 28.7 Å². The number of rotatable bonds is 24. The van der Waals surface area contributed by atoms with Crippen LogP contribution in [0.3, 0.4) is 0 Å². The Morgan fingerprint density at radius 2 is 0.680 bits per heavy atom. The van der Waals surface area contributed by atoms with Gasteiger partial charge in [-0.2, -0.15) is 0 Å². The van der Waals surface area contributed by atoms with Crippen LogP contribution in [0.15, 0.2) is 179 Å². The van der Waals surface area contributed by atoms with Crippen LogP contribution in [0.4, 0.5) is 0 Å². The van der Waals surface area contributed by atoms with E-state index in [4.69, 9.17) is 56.2 Å². The largest absolute Gasteiger partial charge is 0.457 e. The SMILES string of the molecule is C=C(C)C(=O)Oc1coc(OC(=O)C(CCOC)N2C(=O)c3cc(Oc4cccc(C)c4)c4c5c(Oc6cccc(C)c6)cc6c7c(cc(Oc8cccc(C)c8)c(c8c(Oc9cccc(C)c9)cc(c3c48)C2=O)c75)C(=O)N(C(CCOC)C(=O)Oc2cc(OC(=O)C(=C)C)co2)C6=O)c1. The van der Waals surface area contributed by atoms with Gasteiger partial charge in [0.25, 0.3) is 35.5 Å². The molecule has 4 heterocycles. The topological polar surface area (TPSA) is 262 Å². The molecule has 0 radical (unpaired) electrons. The zero-order valence-electron chi connectivity index (χ0n) is 55.3. The molecule has 22 nitrogen and oxygen atoms in total. The minimum absolute atomic E-state index is 0.0198. The molecular formula is C78H62N2O20. The lowest BCUT2D eigenvalue weighted by Crippen LogP contribution is -2.52. The molecule has 9 aromatic carbocycles. The van der Waals surface area contributed by atoms with E-state index in [2.05, 4.69) is 13.2 Å². The number of fused-ring (bicyclic) bond motifs is 2. The first-order chi connectivity index (χ1) is 48.1. The van der Waals surface area contributed by atoms with Gasteiger partial charge in [-0.3, -0.25) is 29.0 Å². The highest BCUT2D eigenvalue weighted by Gasteiger charge is 2.47. The molecule has 2 aliphatic rings. The van der Waals surface area contributed by atoms with Gasteiger partial charge in [-0.05, 0) is 137 Å². The van der Waals surface area contributed by atoms with Crippen LogP contribution in [0.2, 0.25) is 0 Å². The normalized spacial score (nSPS) is 13.2. The van der Waals surface area contributed by atoms with Gasteiger partial charge < -0.3 is 56.2 Å². The van der Waals surface area contributed by atoms with Crippen LogP contribution in [0, 0.1) is 27.7 Å². The van der Waals surface area contributed by atoms with Crippen molar-refractivity contribution < 1.29 is 94.6 Å². The zero-order chi connectivity index (χ0) is 70.5. The van der Waals surface area contributed by atoms with Gasteiger partial charge in [-0.1, -0.05) is 61.7 Å². The molecule has 22 heteroatoms. The molecule has 0 aliphatic carbocycles. The maximum Gasteiger partial charge on any atom is 0.338 e. The lowest BCUT2D eigenvalue weighted by Gasteiger charge is -2.35. The quantitative estimate of drug-likeness (QED) is 0.0179. The number of furan rings is 2. The van der Waals surface area contributed by atoms with Crippen LogP contribution in [0.5, 0.6) is 69.4 Å². The molecule has 2 aromatic heterocycles. The third-order valence-electron chi connectivity index (χ3n) is 16.8. The van der Waals surface area contributed by atoms with Gasteiger partial charge in [0.05, 0.1) is 34.4 Å². The Morgan fingerprint density at radius 1 is 0.390 bits per heavy atom. The van der Waals surface area contributed by atoms with Crippen molar-refractivity contribution >= 4 is 90.6 Å². The average molecular weight is 1350 g/mol. The summed E-state index contributed by atoms with van der Waals surface area (Å²) in [4.78, 5) is 121. The second-order valence-electron chi connectivity index (χ2n) is 24.3. The van der Waals surface area contributed by atoms with Crippen molar-refractivity contribution in [2.75, 3.05) is 27.4 Å². The lowest BCUT2D eigenvalue weighted by atomic mass is 9.80. The zero-order valence-corrected chi connectivity index (χ0v) is 55.3. The van der Waals surface area contributed by atoms with Crippen molar-refractivity contribution in [3.05, 3.63) is 215 Å². The number of methoxy groups -OCH3 is 2. The third-order valence-corrected chi connectivity index (χ3v) is 16.8. The van der Waals surface area contributed by atoms with Crippen molar-refractivity contribution in [1.82, 2.24) is 9.80 Å². The van der Waals surface area contributed by atoms with Crippen molar-refractivity contribution in [3.63, 3.8) is 0 Å². The molecule has 2 unspecified atom stereocenters. The monoisotopic (exact) mass is 1350 g/mol. The molecule has 2 aliphatic heterocycles. The number of carbonyl (C=O) groups is 8. The summed E-state index contributed by atoms with van der Waals surface area (Å²) in [7, 11) is 2.76. The number of esters is 4. The van der Waals surface area contributed by atoms with E-state index >= 15 is 19.2 Å². The molecule has 0 saturated carbocycles. The first-order valence-corrected chi connectivity index (χ1v) is 31.5. The Kier molecular flexibility index (Phi) is 17.8. The van der Waals surface area contributed by atoms with Gasteiger partial charge in [0.15, 0.2) is 11.5 Å². The van der Waals surface area contributed by atoms with Crippen molar-refractivity contribution in [3.8, 4) is 69.4 Å². The van der Waals surface area contributed by atoms with Gasteiger partial charge >= 0.3 is 23.9 Å². The number of ether oxygens (including phenoxy) is 10. The second-order valence-corrected chi connectivity index (χ2v) is 24.3. The molecule has 0 N–H and O–H groups in total. The Morgan fingerprint density at radius 3 is 0.940 bits per heavy atom. The van der Waals surface area contributed by atoms with Crippen LogP contribution in [0.25, 0.3) is 43.1 Å². The van der Waals surface area contributed by atoms with E-state index in [9.17, 15) is 19.2 Å². The number of aryl methyl sites for hydroxylation is 4. The highest BCUT2D eigenvalue weighted by Crippen LogP contribution is 2.58. The maximum atomic E-state index is 16.1. The lowest BCUT2D eigenvalue weighted by molar-refractivity contribution is -0.141. The summed E-state index contributed by atoms with van der Waals surface area (Å²) in [6, 6.07) is 33.1. The van der Waals surface area contributed by atoms with Crippen molar-refractivity contribution in [2.45, 2.75) is 66.5 Å². The highest BCUT2D eigenvalue weighted by molar-refractivity contribution is 6.45. The number of imide groups is 2. The molecule has 0 bridgehead atoms. The molecule has 0 fully saturated rings. The minimum atomic E-state index is -1.72. The highest BCUT2D eigenvalue weighted by atomic mass is 16.6.